The SMILES string of the molecule is Cc1cc(-c2ccncc2)ccc1F. The first kappa shape index (κ1) is 8.88. The van der Waals surface area contributed by atoms with Crippen LogP contribution in [-0.2, 0) is 0 Å². The number of rotatable bonds is 1. The van der Waals surface area contributed by atoms with Gasteiger partial charge < -0.3 is 0 Å². The van der Waals surface area contributed by atoms with Crippen LogP contribution in [0.25, 0.3) is 11.1 Å². The Hall–Kier alpha value is -1.70. The maximum Gasteiger partial charge on any atom is 0.126 e. The monoisotopic (exact) mass is 187 g/mol. The number of aryl methyl sites for hydroxylation is 1. The fourth-order valence-electron chi connectivity index (χ4n) is 1.37. The molecule has 0 unspecified atom stereocenters. The minimum atomic E-state index is -0.164. The van der Waals surface area contributed by atoms with E-state index in [4.69, 9.17) is 0 Å². The highest BCUT2D eigenvalue weighted by Gasteiger charge is 2.00. The van der Waals surface area contributed by atoms with Gasteiger partial charge in [0.2, 0.25) is 0 Å². The quantitative estimate of drug-likeness (QED) is 0.668. The van der Waals surface area contributed by atoms with E-state index in [-0.39, 0.29) is 5.82 Å². The van der Waals surface area contributed by atoms with E-state index in [1.165, 1.54) is 6.07 Å². The van der Waals surface area contributed by atoms with Crippen molar-refractivity contribution in [1.82, 2.24) is 4.98 Å². The smallest absolute Gasteiger partial charge is 0.126 e. The van der Waals surface area contributed by atoms with Crippen LogP contribution in [0.2, 0.25) is 0 Å². The lowest BCUT2D eigenvalue weighted by molar-refractivity contribution is 0.619. The van der Waals surface area contributed by atoms with Gasteiger partial charge in [0.05, 0.1) is 0 Å². The van der Waals surface area contributed by atoms with Crippen LogP contribution in [-0.4, -0.2) is 4.98 Å². The molecule has 14 heavy (non-hydrogen) atoms. The minimum absolute atomic E-state index is 0.164. The van der Waals surface area contributed by atoms with E-state index in [1.54, 1.807) is 25.4 Å². The first-order valence-electron chi connectivity index (χ1n) is 4.44. The van der Waals surface area contributed by atoms with Gasteiger partial charge in [-0.1, -0.05) is 6.07 Å². The van der Waals surface area contributed by atoms with Crippen LogP contribution in [0.4, 0.5) is 4.39 Å². The van der Waals surface area contributed by atoms with Crippen LogP contribution in [0.15, 0.2) is 42.7 Å². The zero-order valence-corrected chi connectivity index (χ0v) is 7.87. The molecule has 0 bridgehead atoms. The van der Waals surface area contributed by atoms with Crippen molar-refractivity contribution in [2.24, 2.45) is 0 Å². The summed E-state index contributed by atoms with van der Waals surface area (Å²) in [5.74, 6) is -0.164. The molecule has 0 amide bonds. The normalized spacial score (nSPS) is 10.1. The lowest BCUT2D eigenvalue weighted by Gasteiger charge is -2.02. The van der Waals surface area contributed by atoms with Crippen LogP contribution in [0.1, 0.15) is 5.56 Å². The summed E-state index contributed by atoms with van der Waals surface area (Å²) in [6.45, 7) is 1.76. The Labute approximate surface area is 82.2 Å². The fourth-order valence-corrected chi connectivity index (χ4v) is 1.37. The fraction of sp³-hybridized carbons (Fsp3) is 0.0833. The number of aromatic nitrogens is 1. The predicted octanol–water partition coefficient (Wildman–Crippen LogP) is 3.20. The van der Waals surface area contributed by atoms with Gasteiger partial charge in [0.15, 0.2) is 0 Å². The van der Waals surface area contributed by atoms with E-state index >= 15 is 0 Å². The van der Waals surface area contributed by atoms with Crippen molar-refractivity contribution in [2.45, 2.75) is 6.92 Å². The van der Waals surface area contributed by atoms with Crippen LogP contribution < -0.4 is 0 Å². The minimum Gasteiger partial charge on any atom is -0.265 e. The van der Waals surface area contributed by atoms with Crippen molar-refractivity contribution in [3.63, 3.8) is 0 Å². The summed E-state index contributed by atoms with van der Waals surface area (Å²) in [6.07, 6.45) is 3.46. The van der Waals surface area contributed by atoms with Crippen LogP contribution in [0, 0.1) is 12.7 Å². The van der Waals surface area contributed by atoms with Crippen LogP contribution >= 0.6 is 0 Å². The third kappa shape index (κ3) is 1.64. The van der Waals surface area contributed by atoms with E-state index < -0.39 is 0 Å². The zero-order chi connectivity index (χ0) is 9.97. The maximum atomic E-state index is 13.0. The molecular weight excluding hydrogens is 177 g/mol. The van der Waals surface area contributed by atoms with Gasteiger partial charge in [-0.05, 0) is 47.9 Å². The second-order valence-corrected chi connectivity index (χ2v) is 3.20. The topological polar surface area (TPSA) is 12.9 Å². The lowest BCUT2D eigenvalue weighted by Crippen LogP contribution is -1.84. The van der Waals surface area contributed by atoms with Crippen molar-refractivity contribution in [1.29, 1.82) is 0 Å². The Morgan fingerprint density at radius 3 is 2.36 bits per heavy atom. The molecule has 0 aliphatic heterocycles. The number of nitrogens with zero attached hydrogens (tertiary/aromatic N) is 1. The Bertz CT molecular complexity index is 437. The summed E-state index contributed by atoms with van der Waals surface area (Å²) in [5.41, 5.74) is 2.74. The Kier molecular flexibility index (Phi) is 2.27. The number of halogens is 1. The first-order chi connectivity index (χ1) is 6.77. The molecule has 1 heterocycles. The molecule has 0 fully saturated rings. The molecule has 0 saturated heterocycles. The molecular formula is C12H10FN. The van der Waals surface area contributed by atoms with Gasteiger partial charge in [-0.25, -0.2) is 4.39 Å². The highest BCUT2D eigenvalue weighted by Crippen LogP contribution is 2.20. The molecule has 2 rings (SSSR count). The molecule has 0 aliphatic carbocycles. The van der Waals surface area contributed by atoms with Crippen LogP contribution in [0.3, 0.4) is 0 Å². The summed E-state index contributed by atoms with van der Waals surface area (Å²) >= 11 is 0. The summed E-state index contributed by atoms with van der Waals surface area (Å²) < 4.78 is 13.0. The summed E-state index contributed by atoms with van der Waals surface area (Å²) in [5, 5.41) is 0. The molecule has 0 spiro atoms. The van der Waals surface area contributed by atoms with Gasteiger partial charge >= 0.3 is 0 Å². The summed E-state index contributed by atoms with van der Waals surface area (Å²) in [4.78, 5) is 3.94. The second kappa shape index (κ2) is 3.58. The molecule has 70 valence electrons. The van der Waals surface area contributed by atoms with Gasteiger partial charge in [0, 0.05) is 12.4 Å². The van der Waals surface area contributed by atoms with E-state index in [0.717, 1.165) is 11.1 Å². The number of benzene rings is 1. The lowest BCUT2D eigenvalue weighted by atomic mass is 10.0. The van der Waals surface area contributed by atoms with Crippen LogP contribution in [0.5, 0.6) is 0 Å². The highest BCUT2D eigenvalue weighted by molar-refractivity contribution is 5.63. The van der Waals surface area contributed by atoms with Gasteiger partial charge in [-0.2, -0.15) is 0 Å². The second-order valence-electron chi connectivity index (χ2n) is 3.20. The van der Waals surface area contributed by atoms with E-state index in [0.29, 0.717) is 5.56 Å². The van der Waals surface area contributed by atoms with Crippen molar-refractivity contribution in [2.75, 3.05) is 0 Å². The first-order valence-corrected chi connectivity index (χ1v) is 4.44. The number of hydrogen-bond donors (Lipinski definition) is 0. The number of hydrogen-bond acceptors (Lipinski definition) is 1. The van der Waals surface area contributed by atoms with E-state index in [1.807, 2.05) is 18.2 Å². The van der Waals surface area contributed by atoms with Gasteiger partial charge in [0.25, 0.3) is 0 Å². The van der Waals surface area contributed by atoms with Crippen molar-refractivity contribution >= 4 is 0 Å². The van der Waals surface area contributed by atoms with Crippen molar-refractivity contribution in [3.05, 3.63) is 54.1 Å². The Balaban J connectivity index is 2.48. The summed E-state index contributed by atoms with van der Waals surface area (Å²) in [6, 6.07) is 8.92. The molecule has 1 aromatic heterocycles. The Morgan fingerprint density at radius 1 is 1.00 bits per heavy atom. The van der Waals surface area contributed by atoms with Crippen molar-refractivity contribution in [3.8, 4) is 11.1 Å². The molecule has 0 N–H and O–H groups in total. The van der Waals surface area contributed by atoms with E-state index in [2.05, 4.69) is 4.98 Å². The summed E-state index contributed by atoms with van der Waals surface area (Å²) in [7, 11) is 0. The van der Waals surface area contributed by atoms with E-state index in [9.17, 15) is 4.39 Å². The average molecular weight is 187 g/mol. The van der Waals surface area contributed by atoms with Gasteiger partial charge in [0.1, 0.15) is 5.82 Å². The standard InChI is InChI=1S/C12H10FN/c1-9-8-11(2-3-12(9)13)10-4-6-14-7-5-10/h2-8H,1H3. The molecule has 0 saturated carbocycles. The predicted molar refractivity (Wildman–Crippen MR) is 54.4 cm³/mol. The van der Waals surface area contributed by atoms with Gasteiger partial charge in [-0.15, -0.1) is 0 Å². The molecule has 1 nitrogen and oxygen atoms in total. The zero-order valence-electron chi connectivity index (χ0n) is 7.87. The highest BCUT2D eigenvalue weighted by atomic mass is 19.1. The molecule has 0 aliphatic rings. The van der Waals surface area contributed by atoms with Gasteiger partial charge in [-0.3, -0.25) is 4.98 Å². The molecule has 0 atom stereocenters. The van der Waals surface area contributed by atoms with Crippen molar-refractivity contribution < 1.29 is 4.39 Å². The number of pyridine rings is 1. The molecule has 1 aromatic carbocycles. The largest absolute Gasteiger partial charge is 0.265 e. The molecule has 0 radical (unpaired) electrons. The maximum absolute atomic E-state index is 13.0. The molecule has 2 heteroatoms. The average Bonchev–Trinajstić information content (AvgIpc) is 2.23. The third-order valence-corrected chi connectivity index (χ3v) is 2.17. The third-order valence-electron chi connectivity index (χ3n) is 2.17. The molecule has 2 aromatic rings. The Morgan fingerprint density at radius 2 is 1.71 bits per heavy atom.